The van der Waals surface area contributed by atoms with Gasteiger partial charge in [0.2, 0.25) is 0 Å². The number of benzene rings is 1. The van der Waals surface area contributed by atoms with Crippen LogP contribution in [-0.2, 0) is 40.8 Å². The number of carbonyl (C=O) groups excluding carboxylic acids is 2. The molecule has 2 unspecified atom stereocenters. The van der Waals surface area contributed by atoms with Crippen molar-refractivity contribution in [1.29, 1.82) is 0 Å². The van der Waals surface area contributed by atoms with E-state index in [-0.39, 0.29) is 71.1 Å². The molecular weight excluding hydrogens is 735 g/mol. The zero-order chi connectivity index (χ0) is 39.1. The van der Waals surface area contributed by atoms with Crippen LogP contribution >= 0.6 is 0 Å². The van der Waals surface area contributed by atoms with Crippen LogP contribution in [0.15, 0.2) is 29.2 Å². The summed E-state index contributed by atoms with van der Waals surface area (Å²) >= 11 is 0. The van der Waals surface area contributed by atoms with Crippen LogP contribution in [0, 0.1) is 32.6 Å². The van der Waals surface area contributed by atoms with E-state index in [0.717, 1.165) is 50.8 Å². The van der Waals surface area contributed by atoms with Gasteiger partial charge in [-0.25, -0.2) is 9.59 Å². The first kappa shape index (κ1) is 56.1. The van der Waals surface area contributed by atoms with Gasteiger partial charge in [0.15, 0.2) is 0 Å². The number of piperidine rings is 2. The summed E-state index contributed by atoms with van der Waals surface area (Å²) in [4.78, 5) is 27.8. The summed E-state index contributed by atoms with van der Waals surface area (Å²) in [6.07, 6.45) is 13.2. The fourth-order valence-corrected chi connectivity index (χ4v) is 6.11. The van der Waals surface area contributed by atoms with E-state index in [4.69, 9.17) is 13.7 Å². The number of hydrogen-bond acceptors (Lipinski definition) is 7. The number of unbranched alkanes of at least 4 members (excludes halogenated alkanes) is 4. The molecule has 2 atom stereocenters. The van der Waals surface area contributed by atoms with Gasteiger partial charge in [-0.05, 0) is 98.6 Å². The Hall–Kier alpha value is -1.21. The van der Waals surface area contributed by atoms with Crippen molar-refractivity contribution < 1.29 is 67.6 Å². The van der Waals surface area contributed by atoms with Gasteiger partial charge < -0.3 is 33.1 Å². The Morgan fingerprint density at radius 3 is 1.57 bits per heavy atom. The van der Waals surface area contributed by atoms with Gasteiger partial charge in [-0.2, -0.15) is 21.3 Å². The average molecular weight is 810 g/mol. The van der Waals surface area contributed by atoms with Crippen molar-refractivity contribution in [2.75, 3.05) is 32.8 Å². The maximum absolute atomic E-state index is 12.3. The van der Waals surface area contributed by atoms with Gasteiger partial charge in [-0.3, -0.25) is 4.18 Å². The Bertz CT molecular complexity index is 1180. The van der Waals surface area contributed by atoms with Gasteiger partial charge in [-0.1, -0.05) is 70.6 Å². The van der Waals surface area contributed by atoms with Gasteiger partial charge in [0.05, 0.1) is 11.5 Å². The average Bonchev–Trinajstić information content (AvgIpc) is 3.07. The Labute approximate surface area is 348 Å². The van der Waals surface area contributed by atoms with E-state index in [9.17, 15) is 18.0 Å². The Kier molecular flexibility index (Phi) is 31.8. The monoisotopic (exact) mass is 808 g/mol. The topological polar surface area (TPSA) is 102 Å². The number of nitrogens with zero attached hydrogens (tertiary/aromatic N) is 2. The maximum atomic E-state index is 12.3. The van der Waals surface area contributed by atoms with Crippen molar-refractivity contribution in [2.45, 2.75) is 162 Å². The summed E-state index contributed by atoms with van der Waals surface area (Å²) < 4.78 is 40.6. The normalized spacial score (nSPS) is 17.1. The van der Waals surface area contributed by atoms with E-state index < -0.39 is 15.7 Å². The molecule has 2 heterocycles. The molecule has 308 valence electrons. The van der Waals surface area contributed by atoms with Crippen molar-refractivity contribution in [3.8, 4) is 0 Å². The van der Waals surface area contributed by atoms with Crippen LogP contribution < -0.4 is 18.9 Å². The minimum absolute atomic E-state index is 0. The molecule has 2 amide bonds. The van der Waals surface area contributed by atoms with Gasteiger partial charge in [0.1, 0.15) is 11.2 Å². The first-order chi connectivity index (χ1) is 23.8. The number of aryl methyl sites for hydroxylation is 1. The largest absolute Gasteiger partial charge is 1.00 e. The van der Waals surface area contributed by atoms with Crippen molar-refractivity contribution in [1.82, 2.24) is 9.80 Å². The molecule has 2 fully saturated rings. The number of amides is 2. The molecule has 1 aromatic carbocycles. The molecule has 53 heavy (non-hydrogen) atoms. The molecule has 0 bridgehead atoms. The van der Waals surface area contributed by atoms with Gasteiger partial charge in [0, 0.05) is 32.1 Å². The third-order valence-corrected chi connectivity index (χ3v) is 9.33. The molecule has 0 aliphatic carbocycles. The SMILES string of the molecule is CCCCCC1CCCN(C(=O)OC(C)(C)C)C1.Cc1ccc(S(=O)(=O)OCC2CCCN(C(=O)OC(C)(C)C)C2)cc1.[CH2-]CCC.[CH2-]CCC.[Cu+].[Li+]. The molecule has 2 aliphatic heterocycles. The molecular formula is C41H74CuLiN2O7S. The summed E-state index contributed by atoms with van der Waals surface area (Å²) in [7, 11) is -3.78. The predicted molar refractivity (Wildman–Crippen MR) is 210 cm³/mol. The molecule has 0 saturated carbocycles. The van der Waals surface area contributed by atoms with Gasteiger partial charge in [0.25, 0.3) is 10.1 Å². The van der Waals surface area contributed by atoms with Crippen LogP contribution in [0.3, 0.4) is 0 Å². The zero-order valence-corrected chi connectivity index (χ0v) is 37.1. The van der Waals surface area contributed by atoms with E-state index in [0.29, 0.717) is 19.0 Å². The van der Waals surface area contributed by atoms with Gasteiger partial charge >= 0.3 is 48.1 Å². The first-order valence-electron chi connectivity index (χ1n) is 19.3. The van der Waals surface area contributed by atoms with E-state index in [2.05, 4.69) is 34.6 Å². The predicted octanol–water partition coefficient (Wildman–Crippen LogP) is 7.80. The van der Waals surface area contributed by atoms with Crippen molar-refractivity contribution in [3.05, 3.63) is 43.7 Å². The summed E-state index contributed by atoms with van der Waals surface area (Å²) in [5.41, 5.74) is 0.0564. The van der Waals surface area contributed by atoms with E-state index in [1.54, 1.807) is 29.2 Å². The number of ether oxygens (including phenoxy) is 2. The van der Waals surface area contributed by atoms with Crippen LogP contribution in [0.25, 0.3) is 0 Å². The molecule has 0 spiro atoms. The first-order valence-corrected chi connectivity index (χ1v) is 20.7. The fraction of sp³-hybridized carbons (Fsp3) is 0.756. The number of rotatable bonds is 10. The molecule has 0 radical (unpaired) electrons. The standard InChI is InChI=1S/C18H27NO5S.C15H29NO2.2C4H9.Cu.Li/c1-14-7-9-16(10-8-14)25(21,22)23-13-15-6-5-11-19(12-15)17(20)24-18(2,3)4;1-5-6-7-9-13-10-8-11-16(12-13)14(17)18-15(2,3)4;2*1-3-4-2;;/h7-10,15H,5-6,11-13H2,1-4H3;13H,5-12H2,1-4H3;2*1,3-4H2,2H3;;/q;;2*-1;2*+1. The molecule has 0 aromatic heterocycles. The maximum Gasteiger partial charge on any atom is 1.00 e. The Balaban J connectivity index is -0.000000783. The van der Waals surface area contributed by atoms with Gasteiger partial charge in [-0.15, -0.1) is 0 Å². The number of carbonyl (C=O) groups is 2. The van der Waals surface area contributed by atoms with Crippen molar-refractivity contribution in [3.63, 3.8) is 0 Å². The molecule has 1 aromatic rings. The summed E-state index contributed by atoms with van der Waals surface area (Å²) in [6, 6.07) is 6.55. The smallest absolute Gasteiger partial charge is 0.444 e. The summed E-state index contributed by atoms with van der Waals surface area (Å²) in [5, 5.41) is 0. The number of likely N-dealkylation sites (tertiary alicyclic amines) is 2. The van der Waals surface area contributed by atoms with Crippen LogP contribution in [-0.4, -0.2) is 74.4 Å². The van der Waals surface area contributed by atoms with Crippen LogP contribution in [0.5, 0.6) is 0 Å². The molecule has 2 saturated heterocycles. The molecule has 3 rings (SSSR count). The second kappa shape index (κ2) is 30.0. The van der Waals surface area contributed by atoms with Crippen LogP contribution in [0.4, 0.5) is 9.59 Å². The third kappa shape index (κ3) is 27.9. The Morgan fingerprint density at radius 1 is 0.755 bits per heavy atom. The fourth-order valence-electron chi connectivity index (χ4n) is 5.13. The Morgan fingerprint density at radius 2 is 1.17 bits per heavy atom. The number of hydrogen-bond donors (Lipinski definition) is 0. The summed E-state index contributed by atoms with van der Waals surface area (Å²) in [6.45, 7) is 29.7. The molecule has 0 N–H and O–H groups in total. The van der Waals surface area contributed by atoms with Crippen LogP contribution in [0.2, 0.25) is 0 Å². The van der Waals surface area contributed by atoms with Crippen LogP contribution in [0.1, 0.15) is 145 Å². The molecule has 12 heteroatoms. The second-order valence-corrected chi connectivity index (χ2v) is 17.2. The molecule has 9 nitrogen and oxygen atoms in total. The minimum Gasteiger partial charge on any atom is -0.444 e. The van der Waals surface area contributed by atoms with E-state index >= 15 is 0 Å². The van der Waals surface area contributed by atoms with E-state index in [1.807, 2.05) is 53.4 Å². The molecule has 2 aliphatic rings. The minimum atomic E-state index is -3.78. The van der Waals surface area contributed by atoms with Crippen molar-refractivity contribution in [2.24, 2.45) is 11.8 Å². The summed E-state index contributed by atoms with van der Waals surface area (Å²) in [5.74, 6) is 0.652. The quantitative estimate of drug-likeness (QED) is 0.103. The second-order valence-electron chi connectivity index (χ2n) is 15.6. The third-order valence-electron chi connectivity index (χ3n) is 8.03. The van der Waals surface area contributed by atoms with Crippen molar-refractivity contribution >= 4 is 22.3 Å². The van der Waals surface area contributed by atoms with E-state index in [1.165, 1.54) is 44.9 Å². The zero-order valence-electron chi connectivity index (χ0n) is 35.4.